The largest absolute Gasteiger partial charge is 0.474 e. The van der Waals surface area contributed by atoms with Crippen molar-refractivity contribution in [2.75, 3.05) is 19.0 Å². The van der Waals surface area contributed by atoms with Gasteiger partial charge < -0.3 is 24.1 Å². The predicted molar refractivity (Wildman–Crippen MR) is 127 cm³/mol. The lowest BCUT2D eigenvalue weighted by molar-refractivity contribution is 0.0154. The Labute approximate surface area is 202 Å². The van der Waals surface area contributed by atoms with E-state index in [-0.39, 0.29) is 52.0 Å². The molecule has 2 atom stereocenters. The number of ether oxygens (including phenoxy) is 3. The van der Waals surface area contributed by atoms with Gasteiger partial charge in [0.25, 0.3) is 11.5 Å². The molecule has 2 saturated heterocycles. The number of amides is 1. The maximum atomic E-state index is 13.3. The smallest absolute Gasteiger partial charge is 0.274 e. The molecule has 0 radical (unpaired) electrons. The summed E-state index contributed by atoms with van der Waals surface area (Å²) in [4.78, 5) is 35.6. The molecule has 184 valence electrons. The number of nitrogens with one attached hydrogen (secondary N) is 1. The standard InChI is InChI=1S/C25H29N5O5/c1-14(2)35-21-15(20(31)26-16-6-5-7-30(22(16)32)17-8-18(17)33-4)9-29-10-19(27-23(29)28-21)25-11-24(3,12-25)34-13-25/h5-7,9-10,14,17-18H,8,11-13H2,1-4H3,(H,26,31)/t17-,18-,24?,25?/m1/s1. The first kappa shape index (κ1) is 22.2. The number of pyridine rings is 1. The van der Waals surface area contributed by atoms with Gasteiger partial charge in [-0.25, -0.2) is 4.98 Å². The van der Waals surface area contributed by atoms with E-state index in [1.54, 1.807) is 40.6 Å². The highest BCUT2D eigenvalue weighted by Crippen LogP contribution is 2.58. The van der Waals surface area contributed by atoms with Gasteiger partial charge in [0, 0.05) is 31.1 Å². The highest BCUT2D eigenvalue weighted by atomic mass is 16.5. The molecule has 3 aromatic heterocycles. The van der Waals surface area contributed by atoms with Crippen LogP contribution in [0.2, 0.25) is 0 Å². The van der Waals surface area contributed by atoms with Crippen molar-refractivity contribution in [1.82, 2.24) is 18.9 Å². The minimum absolute atomic E-state index is 0.0149. The van der Waals surface area contributed by atoms with Gasteiger partial charge in [0.05, 0.1) is 36.2 Å². The molecule has 2 aliphatic carbocycles. The van der Waals surface area contributed by atoms with Crippen molar-refractivity contribution in [2.24, 2.45) is 0 Å². The van der Waals surface area contributed by atoms with Crippen LogP contribution in [-0.2, 0) is 14.9 Å². The lowest BCUT2D eigenvalue weighted by Crippen LogP contribution is -2.45. The fourth-order valence-electron chi connectivity index (χ4n) is 5.54. The molecule has 2 saturated carbocycles. The fraction of sp³-hybridized carbons (Fsp3) is 0.520. The Balaban J connectivity index is 1.33. The molecule has 0 spiro atoms. The lowest BCUT2D eigenvalue weighted by atomic mass is 9.62. The van der Waals surface area contributed by atoms with Crippen LogP contribution in [0.1, 0.15) is 62.1 Å². The van der Waals surface area contributed by atoms with Crippen LogP contribution in [0.4, 0.5) is 5.69 Å². The van der Waals surface area contributed by atoms with Gasteiger partial charge in [-0.3, -0.25) is 14.0 Å². The number of nitrogens with zero attached hydrogens (tertiary/aromatic N) is 4. The van der Waals surface area contributed by atoms with Crippen molar-refractivity contribution in [2.45, 2.75) is 69.3 Å². The maximum Gasteiger partial charge on any atom is 0.274 e. The van der Waals surface area contributed by atoms with Gasteiger partial charge in [-0.1, -0.05) is 0 Å². The summed E-state index contributed by atoms with van der Waals surface area (Å²) in [6.45, 7) is 6.50. The fourth-order valence-corrected chi connectivity index (χ4v) is 5.54. The number of aromatic nitrogens is 4. The highest BCUT2D eigenvalue weighted by Gasteiger charge is 2.61. The van der Waals surface area contributed by atoms with Crippen molar-refractivity contribution >= 4 is 17.4 Å². The van der Waals surface area contributed by atoms with E-state index < -0.39 is 5.91 Å². The number of imidazole rings is 1. The molecule has 0 unspecified atom stereocenters. The van der Waals surface area contributed by atoms with Crippen molar-refractivity contribution < 1.29 is 19.0 Å². The average Bonchev–Trinajstić information content (AvgIpc) is 3.13. The number of rotatable bonds is 7. The van der Waals surface area contributed by atoms with Crippen LogP contribution < -0.4 is 15.6 Å². The first-order valence-electron chi connectivity index (χ1n) is 12.0. The van der Waals surface area contributed by atoms with Crippen molar-refractivity contribution in [3.05, 3.63) is 52.3 Å². The summed E-state index contributed by atoms with van der Waals surface area (Å²) in [5.41, 5.74) is 0.899. The third-order valence-electron chi connectivity index (χ3n) is 7.25. The van der Waals surface area contributed by atoms with E-state index in [0.29, 0.717) is 12.4 Å². The summed E-state index contributed by atoms with van der Waals surface area (Å²) < 4.78 is 20.5. The molecule has 35 heavy (non-hydrogen) atoms. The van der Waals surface area contributed by atoms with Crippen LogP contribution in [0.3, 0.4) is 0 Å². The molecular formula is C25H29N5O5. The van der Waals surface area contributed by atoms with Crippen molar-refractivity contribution in [1.29, 1.82) is 0 Å². The summed E-state index contributed by atoms with van der Waals surface area (Å²) in [7, 11) is 1.63. The third kappa shape index (κ3) is 3.63. The molecule has 2 bridgehead atoms. The number of fused-ring (bicyclic) bond motifs is 2. The van der Waals surface area contributed by atoms with Gasteiger partial charge in [0.15, 0.2) is 0 Å². The van der Waals surface area contributed by atoms with Crippen molar-refractivity contribution in [3.63, 3.8) is 0 Å². The van der Waals surface area contributed by atoms with E-state index in [9.17, 15) is 9.59 Å². The normalized spacial score (nSPS) is 28.8. The van der Waals surface area contributed by atoms with Crippen molar-refractivity contribution in [3.8, 4) is 5.88 Å². The summed E-state index contributed by atoms with van der Waals surface area (Å²) in [5.74, 6) is 0.167. The third-order valence-corrected chi connectivity index (χ3v) is 7.25. The second-order valence-electron chi connectivity index (χ2n) is 10.5. The molecule has 1 N–H and O–H groups in total. The van der Waals surface area contributed by atoms with Crippen LogP contribution >= 0.6 is 0 Å². The Morgan fingerprint density at radius 1 is 1.29 bits per heavy atom. The molecule has 0 aromatic carbocycles. The SMILES string of the molecule is CO[C@@H]1C[C@H]1n1cccc(NC(=O)c2cn3cc(C45COC(C)(C4)C5)nc3nc2OC(C)C)c1=O. The Morgan fingerprint density at radius 3 is 2.74 bits per heavy atom. The van der Waals surface area contributed by atoms with E-state index in [4.69, 9.17) is 19.2 Å². The highest BCUT2D eigenvalue weighted by molar-refractivity contribution is 6.05. The molecule has 10 nitrogen and oxygen atoms in total. The lowest BCUT2D eigenvalue weighted by Gasteiger charge is -2.41. The minimum Gasteiger partial charge on any atom is -0.474 e. The van der Waals surface area contributed by atoms with Crippen LogP contribution in [0.5, 0.6) is 5.88 Å². The van der Waals surface area contributed by atoms with Crippen LogP contribution in [0.15, 0.2) is 35.5 Å². The number of hydrogen-bond acceptors (Lipinski definition) is 7. The number of methoxy groups -OCH3 is 1. The van der Waals surface area contributed by atoms with Crippen LogP contribution in [0, 0.1) is 0 Å². The van der Waals surface area contributed by atoms with E-state index in [1.807, 2.05) is 20.0 Å². The van der Waals surface area contributed by atoms with Gasteiger partial charge in [0.2, 0.25) is 11.7 Å². The first-order valence-corrected chi connectivity index (χ1v) is 12.0. The maximum absolute atomic E-state index is 13.3. The molecule has 7 rings (SSSR count). The molecular weight excluding hydrogens is 450 g/mol. The molecule has 10 heteroatoms. The van der Waals surface area contributed by atoms with Crippen LogP contribution in [-0.4, -0.2) is 56.4 Å². The second-order valence-corrected chi connectivity index (χ2v) is 10.5. The van der Waals surface area contributed by atoms with Gasteiger partial charge in [-0.05, 0) is 52.2 Å². The van der Waals surface area contributed by atoms with E-state index in [2.05, 4.69) is 17.2 Å². The molecule has 5 heterocycles. The predicted octanol–water partition coefficient (Wildman–Crippen LogP) is 2.71. The average molecular weight is 480 g/mol. The Bertz CT molecular complexity index is 1390. The zero-order valence-electron chi connectivity index (χ0n) is 20.3. The zero-order chi connectivity index (χ0) is 24.5. The van der Waals surface area contributed by atoms with E-state index in [0.717, 1.165) is 25.0 Å². The van der Waals surface area contributed by atoms with Gasteiger partial charge in [-0.15, -0.1) is 0 Å². The number of carbonyl (C=O) groups excluding carboxylic acids is 1. The zero-order valence-corrected chi connectivity index (χ0v) is 20.3. The Hall–Kier alpha value is -3.24. The van der Waals surface area contributed by atoms with Gasteiger partial charge in [-0.2, -0.15) is 4.98 Å². The van der Waals surface area contributed by atoms with E-state index in [1.165, 1.54) is 0 Å². The molecule has 2 aliphatic heterocycles. The van der Waals surface area contributed by atoms with Crippen LogP contribution in [0.25, 0.3) is 5.78 Å². The first-order chi connectivity index (χ1) is 16.7. The monoisotopic (exact) mass is 479 g/mol. The Morgan fingerprint density at radius 2 is 2.09 bits per heavy atom. The second kappa shape index (κ2) is 7.63. The number of hydrogen-bond donors (Lipinski definition) is 1. The summed E-state index contributed by atoms with van der Waals surface area (Å²) >= 11 is 0. The number of anilines is 1. The molecule has 4 aliphatic rings. The number of carbonyl (C=O) groups is 1. The van der Waals surface area contributed by atoms with Gasteiger partial charge in [0.1, 0.15) is 11.3 Å². The topological polar surface area (TPSA) is 109 Å². The quantitative estimate of drug-likeness (QED) is 0.555. The summed E-state index contributed by atoms with van der Waals surface area (Å²) in [6.07, 6.45) is 7.75. The van der Waals surface area contributed by atoms with E-state index >= 15 is 0 Å². The molecule has 3 aromatic rings. The van der Waals surface area contributed by atoms with Gasteiger partial charge >= 0.3 is 0 Å². The minimum atomic E-state index is -0.474. The summed E-state index contributed by atoms with van der Waals surface area (Å²) in [6, 6.07) is 3.32. The molecule has 4 fully saturated rings. The summed E-state index contributed by atoms with van der Waals surface area (Å²) in [5, 5.41) is 2.76. The Kier molecular flexibility index (Phi) is 4.85. The molecule has 1 amide bonds.